The highest BCUT2D eigenvalue weighted by molar-refractivity contribution is 7.92. The quantitative estimate of drug-likeness (QED) is 0.754. The maximum atomic E-state index is 12.8. The van der Waals surface area contributed by atoms with Crippen LogP contribution in [0.5, 0.6) is 0 Å². The van der Waals surface area contributed by atoms with Crippen molar-refractivity contribution in [1.29, 1.82) is 0 Å². The van der Waals surface area contributed by atoms with Gasteiger partial charge in [0.1, 0.15) is 0 Å². The van der Waals surface area contributed by atoms with Gasteiger partial charge >= 0.3 is 6.18 Å². The van der Waals surface area contributed by atoms with E-state index in [0.29, 0.717) is 5.69 Å². The predicted molar refractivity (Wildman–Crippen MR) is 86.1 cm³/mol. The molecule has 0 radical (unpaired) electrons. The SMILES string of the molecule is C=C=CCN(c1ccccc1)S(=O)(=O)c1ccc(C(F)(F)F)cc1. The van der Waals surface area contributed by atoms with Crippen molar-refractivity contribution in [2.24, 2.45) is 0 Å². The Bertz CT molecular complexity index is 838. The van der Waals surface area contributed by atoms with E-state index in [-0.39, 0.29) is 11.4 Å². The molecule has 0 atom stereocenters. The molecule has 0 aromatic heterocycles. The second-order valence-electron chi connectivity index (χ2n) is 4.80. The van der Waals surface area contributed by atoms with Crippen molar-refractivity contribution in [3.63, 3.8) is 0 Å². The van der Waals surface area contributed by atoms with E-state index in [1.807, 2.05) is 0 Å². The van der Waals surface area contributed by atoms with Crippen LogP contribution in [0.4, 0.5) is 18.9 Å². The molecular formula is C17H14F3NO2S. The lowest BCUT2D eigenvalue weighted by Crippen LogP contribution is -2.31. The highest BCUT2D eigenvalue weighted by atomic mass is 32.2. The van der Waals surface area contributed by atoms with Gasteiger partial charge < -0.3 is 0 Å². The largest absolute Gasteiger partial charge is 0.416 e. The van der Waals surface area contributed by atoms with Gasteiger partial charge in [-0.15, -0.1) is 5.73 Å². The Morgan fingerprint density at radius 2 is 1.62 bits per heavy atom. The van der Waals surface area contributed by atoms with Crippen LogP contribution in [0, 0.1) is 0 Å². The zero-order chi connectivity index (χ0) is 17.8. The molecule has 0 amide bonds. The van der Waals surface area contributed by atoms with Crippen molar-refractivity contribution in [2.75, 3.05) is 10.8 Å². The summed E-state index contributed by atoms with van der Waals surface area (Å²) in [6.45, 7) is 3.36. The van der Waals surface area contributed by atoms with E-state index in [4.69, 9.17) is 0 Å². The Hall–Kier alpha value is -2.50. The van der Waals surface area contributed by atoms with E-state index >= 15 is 0 Å². The first-order valence-corrected chi connectivity index (χ1v) is 8.30. The average Bonchev–Trinajstić information content (AvgIpc) is 2.55. The minimum atomic E-state index is -4.52. The molecule has 0 bridgehead atoms. The monoisotopic (exact) mass is 353 g/mol. The van der Waals surface area contributed by atoms with Crippen molar-refractivity contribution in [1.82, 2.24) is 0 Å². The summed E-state index contributed by atoms with van der Waals surface area (Å²) < 4.78 is 64.5. The maximum absolute atomic E-state index is 12.8. The van der Waals surface area contributed by atoms with Crippen LogP contribution in [0.3, 0.4) is 0 Å². The Balaban J connectivity index is 2.46. The van der Waals surface area contributed by atoms with Gasteiger partial charge in [0.25, 0.3) is 10.0 Å². The molecule has 126 valence electrons. The van der Waals surface area contributed by atoms with Gasteiger partial charge in [0.05, 0.1) is 22.7 Å². The minimum absolute atomic E-state index is 0.0309. The fourth-order valence-electron chi connectivity index (χ4n) is 2.03. The fourth-order valence-corrected chi connectivity index (χ4v) is 3.43. The number of halogens is 3. The van der Waals surface area contributed by atoms with Crippen LogP contribution in [0.2, 0.25) is 0 Å². The Kier molecular flexibility index (Phi) is 5.17. The zero-order valence-corrected chi connectivity index (χ0v) is 13.3. The van der Waals surface area contributed by atoms with Gasteiger partial charge in [-0.2, -0.15) is 13.2 Å². The number of hydrogen-bond acceptors (Lipinski definition) is 2. The van der Waals surface area contributed by atoms with Gasteiger partial charge in [0.2, 0.25) is 0 Å². The molecule has 7 heteroatoms. The second kappa shape index (κ2) is 6.95. The summed E-state index contributed by atoms with van der Waals surface area (Å²) in [5, 5.41) is 0. The molecule has 0 aliphatic rings. The maximum Gasteiger partial charge on any atom is 0.416 e. The van der Waals surface area contributed by atoms with Gasteiger partial charge in [0.15, 0.2) is 0 Å². The number of hydrogen-bond donors (Lipinski definition) is 0. The molecule has 2 rings (SSSR count). The first-order chi connectivity index (χ1) is 11.3. The highest BCUT2D eigenvalue weighted by Crippen LogP contribution is 2.31. The predicted octanol–water partition coefficient (Wildman–Crippen LogP) is 4.24. The van der Waals surface area contributed by atoms with Crippen LogP contribution in [-0.4, -0.2) is 15.0 Å². The number of nitrogens with zero attached hydrogens (tertiary/aromatic N) is 1. The Morgan fingerprint density at radius 1 is 1.04 bits per heavy atom. The normalized spacial score (nSPS) is 11.6. The first kappa shape index (κ1) is 17.8. The average molecular weight is 353 g/mol. The third-order valence-corrected chi connectivity index (χ3v) is 5.02. The van der Waals surface area contributed by atoms with Crippen molar-refractivity contribution < 1.29 is 21.6 Å². The van der Waals surface area contributed by atoms with Crippen LogP contribution in [0.25, 0.3) is 0 Å². The van der Waals surface area contributed by atoms with Crippen molar-refractivity contribution in [3.05, 3.63) is 78.5 Å². The molecule has 24 heavy (non-hydrogen) atoms. The van der Waals surface area contributed by atoms with E-state index in [2.05, 4.69) is 12.3 Å². The first-order valence-electron chi connectivity index (χ1n) is 6.86. The van der Waals surface area contributed by atoms with Gasteiger partial charge in [-0.3, -0.25) is 4.31 Å². The van der Waals surface area contributed by atoms with Crippen molar-refractivity contribution in [2.45, 2.75) is 11.1 Å². The lowest BCUT2D eigenvalue weighted by molar-refractivity contribution is -0.137. The number of para-hydroxylation sites is 1. The van der Waals surface area contributed by atoms with Crippen LogP contribution >= 0.6 is 0 Å². The summed E-state index contributed by atoms with van der Waals surface area (Å²) in [6, 6.07) is 11.7. The van der Waals surface area contributed by atoms with Crippen LogP contribution in [0.1, 0.15) is 5.56 Å². The van der Waals surface area contributed by atoms with Crippen molar-refractivity contribution >= 4 is 15.7 Å². The summed E-state index contributed by atoms with van der Waals surface area (Å²) in [5.74, 6) is 0. The molecule has 0 spiro atoms. The molecule has 0 unspecified atom stereocenters. The Morgan fingerprint density at radius 3 is 2.12 bits per heavy atom. The Labute approximate surface area is 138 Å². The van der Waals surface area contributed by atoms with Gasteiger partial charge in [-0.05, 0) is 42.5 Å². The number of benzene rings is 2. The smallest absolute Gasteiger partial charge is 0.262 e. The van der Waals surface area contributed by atoms with Crippen LogP contribution in [0.15, 0.2) is 77.9 Å². The molecule has 0 heterocycles. The molecule has 2 aromatic rings. The van der Waals surface area contributed by atoms with Crippen molar-refractivity contribution in [3.8, 4) is 0 Å². The van der Waals surface area contributed by atoms with Crippen LogP contribution < -0.4 is 4.31 Å². The van der Waals surface area contributed by atoms with E-state index in [0.717, 1.165) is 28.6 Å². The summed E-state index contributed by atoms with van der Waals surface area (Å²) in [5.41, 5.74) is 1.98. The molecule has 0 aliphatic heterocycles. The summed E-state index contributed by atoms with van der Waals surface area (Å²) in [4.78, 5) is -0.225. The lowest BCUT2D eigenvalue weighted by Gasteiger charge is -2.23. The van der Waals surface area contributed by atoms with Gasteiger partial charge in [-0.25, -0.2) is 8.42 Å². The third kappa shape index (κ3) is 3.88. The minimum Gasteiger partial charge on any atom is -0.262 e. The van der Waals surface area contributed by atoms with Crippen LogP contribution in [-0.2, 0) is 16.2 Å². The summed E-state index contributed by atoms with van der Waals surface area (Å²) in [7, 11) is -4.02. The second-order valence-corrected chi connectivity index (χ2v) is 6.66. The number of anilines is 1. The third-order valence-electron chi connectivity index (χ3n) is 3.22. The number of sulfonamides is 1. The fraction of sp³-hybridized carbons (Fsp3) is 0.118. The standard InChI is InChI=1S/C17H14F3NO2S/c1-2-3-13-21(15-7-5-4-6-8-15)24(22,23)16-11-9-14(10-12-16)17(18,19)20/h3-12H,1,13H2. The van der Waals surface area contributed by atoms with Gasteiger partial charge in [0, 0.05) is 0 Å². The molecule has 0 aliphatic carbocycles. The lowest BCUT2D eigenvalue weighted by atomic mass is 10.2. The van der Waals surface area contributed by atoms with E-state index in [9.17, 15) is 21.6 Å². The highest BCUT2D eigenvalue weighted by Gasteiger charge is 2.31. The summed E-state index contributed by atoms with van der Waals surface area (Å²) in [6.07, 6.45) is -3.10. The molecular weight excluding hydrogens is 339 g/mol. The number of rotatable bonds is 5. The number of alkyl halides is 3. The molecule has 3 nitrogen and oxygen atoms in total. The summed E-state index contributed by atoms with van der Waals surface area (Å²) >= 11 is 0. The van der Waals surface area contributed by atoms with E-state index < -0.39 is 21.8 Å². The molecule has 2 aromatic carbocycles. The molecule has 0 fully saturated rings. The molecule has 0 N–H and O–H groups in total. The molecule has 0 saturated heterocycles. The zero-order valence-electron chi connectivity index (χ0n) is 12.5. The topological polar surface area (TPSA) is 37.4 Å². The van der Waals surface area contributed by atoms with E-state index in [1.54, 1.807) is 30.3 Å². The van der Waals surface area contributed by atoms with E-state index in [1.165, 1.54) is 6.08 Å². The molecule has 0 saturated carbocycles. The van der Waals surface area contributed by atoms with Gasteiger partial charge in [-0.1, -0.05) is 24.8 Å².